The second-order valence-electron chi connectivity index (χ2n) is 3.56. The molecular weight excluding hydrogens is 220 g/mol. The van der Waals surface area contributed by atoms with Gasteiger partial charge >= 0.3 is 5.97 Å². The zero-order valence-electron chi connectivity index (χ0n) is 9.33. The fraction of sp³-hybridized carbons (Fsp3) is 0.250. The molecule has 1 atom stereocenters. The van der Waals surface area contributed by atoms with E-state index in [2.05, 4.69) is 9.97 Å². The summed E-state index contributed by atoms with van der Waals surface area (Å²) in [5.74, 6) is -0.473. The Bertz CT molecular complexity index is 542. The molecule has 0 radical (unpaired) electrons. The van der Waals surface area contributed by atoms with Crippen LogP contribution >= 0.6 is 0 Å². The van der Waals surface area contributed by atoms with Crippen LogP contribution in [0.4, 0.5) is 0 Å². The Labute approximate surface area is 98.1 Å². The highest BCUT2D eigenvalue weighted by Gasteiger charge is 2.16. The molecule has 5 heteroatoms. The lowest BCUT2D eigenvalue weighted by atomic mass is 10.2. The molecule has 0 amide bonds. The lowest BCUT2D eigenvalue weighted by Gasteiger charge is -2.13. The molecule has 1 heterocycles. The van der Waals surface area contributed by atoms with Gasteiger partial charge in [0.1, 0.15) is 5.75 Å². The Hall–Kier alpha value is -2.17. The summed E-state index contributed by atoms with van der Waals surface area (Å²) in [6.45, 7) is 1.76. The van der Waals surface area contributed by atoms with Gasteiger partial charge in [-0.05, 0) is 18.6 Å². The minimum atomic E-state index is -0.966. The van der Waals surface area contributed by atoms with E-state index < -0.39 is 12.1 Å². The molecule has 0 aliphatic heterocycles. The molecule has 1 unspecified atom stereocenters. The van der Waals surface area contributed by atoms with Gasteiger partial charge in [0.2, 0.25) is 0 Å². The number of carboxylic acids is 1. The highest BCUT2D eigenvalue weighted by Crippen LogP contribution is 2.19. The van der Waals surface area contributed by atoms with Crippen LogP contribution in [0.1, 0.15) is 13.3 Å². The van der Waals surface area contributed by atoms with Crippen molar-refractivity contribution >= 4 is 17.0 Å². The average Bonchev–Trinajstić information content (AvgIpc) is 2.35. The molecule has 0 aliphatic carbocycles. The van der Waals surface area contributed by atoms with E-state index in [1.165, 1.54) is 0 Å². The summed E-state index contributed by atoms with van der Waals surface area (Å²) in [6, 6.07) is 5.14. The fourth-order valence-corrected chi connectivity index (χ4v) is 1.49. The second kappa shape index (κ2) is 4.78. The van der Waals surface area contributed by atoms with Crippen LogP contribution in [0.25, 0.3) is 11.0 Å². The van der Waals surface area contributed by atoms with Gasteiger partial charge in [-0.25, -0.2) is 4.79 Å². The van der Waals surface area contributed by atoms with Crippen LogP contribution < -0.4 is 4.74 Å². The molecule has 0 fully saturated rings. The molecule has 0 spiro atoms. The first-order valence-electron chi connectivity index (χ1n) is 5.31. The van der Waals surface area contributed by atoms with Gasteiger partial charge in [-0.3, -0.25) is 9.97 Å². The summed E-state index contributed by atoms with van der Waals surface area (Å²) in [5, 5.41) is 8.89. The first-order chi connectivity index (χ1) is 8.20. The van der Waals surface area contributed by atoms with Crippen molar-refractivity contribution in [3.8, 4) is 5.75 Å². The third-order valence-corrected chi connectivity index (χ3v) is 2.37. The van der Waals surface area contributed by atoms with Crippen LogP contribution in [0.2, 0.25) is 0 Å². The van der Waals surface area contributed by atoms with E-state index in [4.69, 9.17) is 9.84 Å². The fourth-order valence-electron chi connectivity index (χ4n) is 1.49. The molecule has 88 valence electrons. The highest BCUT2D eigenvalue weighted by atomic mass is 16.5. The maximum Gasteiger partial charge on any atom is 0.344 e. The molecule has 1 N–H and O–H groups in total. The standard InChI is InChI=1S/C12H12N2O3/c1-2-11(12(15)16)17-8-3-4-9-10(7-8)14-6-5-13-9/h3-7,11H,2H2,1H3,(H,15,16). The molecule has 0 saturated heterocycles. The maximum atomic E-state index is 10.8. The summed E-state index contributed by atoms with van der Waals surface area (Å²) in [4.78, 5) is 19.1. The minimum Gasteiger partial charge on any atom is -0.479 e. The number of aliphatic carboxylic acids is 1. The summed E-state index contributed by atoms with van der Waals surface area (Å²) < 4.78 is 5.37. The topological polar surface area (TPSA) is 72.3 Å². The summed E-state index contributed by atoms with van der Waals surface area (Å²) in [7, 11) is 0. The monoisotopic (exact) mass is 232 g/mol. The lowest BCUT2D eigenvalue weighted by Crippen LogP contribution is -2.25. The number of rotatable bonds is 4. The molecular formula is C12H12N2O3. The van der Waals surface area contributed by atoms with Crippen LogP contribution in [-0.2, 0) is 4.79 Å². The van der Waals surface area contributed by atoms with Crippen molar-refractivity contribution in [2.75, 3.05) is 0 Å². The largest absolute Gasteiger partial charge is 0.479 e. The third-order valence-electron chi connectivity index (χ3n) is 2.37. The van der Waals surface area contributed by atoms with Crippen LogP contribution in [0.5, 0.6) is 5.75 Å². The Balaban J connectivity index is 2.27. The predicted octanol–water partition coefficient (Wildman–Crippen LogP) is 1.87. The third kappa shape index (κ3) is 2.50. The number of aromatic nitrogens is 2. The number of hydrogen-bond acceptors (Lipinski definition) is 4. The number of ether oxygens (including phenoxy) is 1. The van der Waals surface area contributed by atoms with Gasteiger partial charge in [-0.15, -0.1) is 0 Å². The first kappa shape index (κ1) is 11.3. The van der Waals surface area contributed by atoms with Crippen LogP contribution in [0, 0.1) is 0 Å². The van der Waals surface area contributed by atoms with Crippen molar-refractivity contribution in [2.45, 2.75) is 19.4 Å². The smallest absolute Gasteiger partial charge is 0.344 e. The molecule has 17 heavy (non-hydrogen) atoms. The molecule has 0 saturated carbocycles. The van der Waals surface area contributed by atoms with Crippen LogP contribution in [-0.4, -0.2) is 27.1 Å². The van der Waals surface area contributed by atoms with Crippen molar-refractivity contribution in [2.24, 2.45) is 0 Å². The zero-order valence-corrected chi connectivity index (χ0v) is 9.33. The molecule has 0 aliphatic rings. The van der Waals surface area contributed by atoms with Gasteiger partial charge < -0.3 is 9.84 Å². The van der Waals surface area contributed by atoms with Crippen molar-refractivity contribution in [1.29, 1.82) is 0 Å². The summed E-state index contributed by atoms with van der Waals surface area (Å²) >= 11 is 0. The van der Waals surface area contributed by atoms with Gasteiger partial charge in [0.05, 0.1) is 11.0 Å². The summed E-state index contributed by atoms with van der Waals surface area (Å²) in [5.41, 5.74) is 1.44. The maximum absolute atomic E-state index is 10.8. The van der Waals surface area contributed by atoms with E-state index in [0.717, 1.165) is 5.52 Å². The number of carboxylic acid groups (broad SMARTS) is 1. The van der Waals surface area contributed by atoms with Gasteiger partial charge in [-0.1, -0.05) is 6.92 Å². The van der Waals surface area contributed by atoms with E-state index in [9.17, 15) is 4.79 Å². The first-order valence-corrected chi connectivity index (χ1v) is 5.31. The summed E-state index contributed by atoms with van der Waals surface area (Å²) in [6.07, 6.45) is 2.77. The quantitative estimate of drug-likeness (QED) is 0.871. The van der Waals surface area contributed by atoms with Gasteiger partial charge in [0.15, 0.2) is 6.10 Å². The number of fused-ring (bicyclic) bond motifs is 1. The van der Waals surface area contributed by atoms with Gasteiger partial charge in [-0.2, -0.15) is 0 Å². The van der Waals surface area contributed by atoms with Crippen molar-refractivity contribution < 1.29 is 14.6 Å². The van der Waals surface area contributed by atoms with Gasteiger partial charge in [0, 0.05) is 18.5 Å². The Morgan fingerprint density at radius 1 is 1.35 bits per heavy atom. The SMILES string of the molecule is CCC(Oc1ccc2nccnc2c1)C(=O)O. The van der Waals surface area contributed by atoms with Crippen LogP contribution in [0.3, 0.4) is 0 Å². The van der Waals surface area contributed by atoms with Crippen molar-refractivity contribution in [1.82, 2.24) is 9.97 Å². The van der Waals surface area contributed by atoms with Gasteiger partial charge in [0.25, 0.3) is 0 Å². The van der Waals surface area contributed by atoms with Crippen molar-refractivity contribution in [3.05, 3.63) is 30.6 Å². The number of nitrogens with zero attached hydrogens (tertiary/aromatic N) is 2. The molecule has 2 aromatic rings. The molecule has 0 bridgehead atoms. The molecule has 5 nitrogen and oxygen atoms in total. The van der Waals surface area contributed by atoms with E-state index in [0.29, 0.717) is 17.7 Å². The Morgan fingerprint density at radius 2 is 2.06 bits per heavy atom. The van der Waals surface area contributed by atoms with Crippen molar-refractivity contribution in [3.63, 3.8) is 0 Å². The van der Waals surface area contributed by atoms with Crippen LogP contribution in [0.15, 0.2) is 30.6 Å². The second-order valence-corrected chi connectivity index (χ2v) is 3.56. The Kier molecular flexibility index (Phi) is 3.18. The molecule has 1 aromatic heterocycles. The molecule has 2 rings (SSSR count). The zero-order chi connectivity index (χ0) is 12.3. The normalized spacial score (nSPS) is 12.3. The number of hydrogen-bond donors (Lipinski definition) is 1. The Morgan fingerprint density at radius 3 is 2.71 bits per heavy atom. The predicted molar refractivity (Wildman–Crippen MR) is 61.9 cm³/mol. The minimum absolute atomic E-state index is 0.411. The molecule has 1 aromatic carbocycles. The van der Waals surface area contributed by atoms with E-state index in [1.807, 2.05) is 0 Å². The lowest BCUT2D eigenvalue weighted by molar-refractivity contribution is -0.145. The van der Waals surface area contributed by atoms with E-state index >= 15 is 0 Å². The average molecular weight is 232 g/mol. The highest BCUT2D eigenvalue weighted by molar-refractivity contribution is 5.76. The number of carbonyl (C=O) groups is 1. The van der Waals surface area contributed by atoms with E-state index in [1.54, 1.807) is 37.5 Å². The van der Waals surface area contributed by atoms with E-state index in [-0.39, 0.29) is 0 Å². The number of benzene rings is 1.